The van der Waals surface area contributed by atoms with E-state index in [0.717, 1.165) is 16.7 Å². The summed E-state index contributed by atoms with van der Waals surface area (Å²) in [5, 5.41) is 21.9. The lowest BCUT2D eigenvalue weighted by Crippen LogP contribution is -2.17. The summed E-state index contributed by atoms with van der Waals surface area (Å²) in [6.07, 6.45) is 0. The van der Waals surface area contributed by atoms with E-state index in [1.165, 1.54) is 12.1 Å². The molecule has 0 aliphatic heterocycles. The summed E-state index contributed by atoms with van der Waals surface area (Å²) in [5.41, 5.74) is 1.63. The molecule has 0 aliphatic rings. The van der Waals surface area contributed by atoms with Gasteiger partial charge in [0.2, 0.25) is 0 Å². The van der Waals surface area contributed by atoms with Crippen LogP contribution in [0.15, 0.2) is 59.0 Å². The minimum absolute atomic E-state index is 0.0656. The van der Waals surface area contributed by atoms with Gasteiger partial charge in [0, 0.05) is 30.0 Å². The van der Waals surface area contributed by atoms with Crippen LogP contribution in [0, 0.1) is 21.4 Å². The van der Waals surface area contributed by atoms with E-state index in [-0.39, 0.29) is 5.69 Å². The van der Waals surface area contributed by atoms with Crippen molar-refractivity contribution in [2.75, 3.05) is 11.9 Å². The number of benzene rings is 2. The van der Waals surface area contributed by atoms with Crippen LogP contribution in [-0.2, 0) is 6.54 Å². The Morgan fingerprint density at radius 3 is 2.78 bits per heavy atom. The average Bonchev–Trinajstić information content (AvgIpc) is 3.08. The molecule has 27 heavy (non-hydrogen) atoms. The molecule has 0 radical (unpaired) electrons. The maximum Gasteiger partial charge on any atom is 0.270 e. The third kappa shape index (κ3) is 3.04. The first-order valence-electron chi connectivity index (χ1n) is 8.23. The molecule has 0 atom stereocenters. The molecular formula is C20H14N4O3. The van der Waals surface area contributed by atoms with Crippen molar-refractivity contribution in [3.8, 4) is 6.07 Å². The number of rotatable bonds is 4. The lowest BCUT2D eigenvalue weighted by atomic mass is 10.1. The molecule has 0 saturated carbocycles. The predicted molar refractivity (Wildman–Crippen MR) is 101 cm³/mol. The Labute approximate surface area is 154 Å². The predicted octanol–water partition coefficient (Wildman–Crippen LogP) is 4.40. The summed E-state index contributed by atoms with van der Waals surface area (Å²) in [5.74, 6) is 1.37. The van der Waals surface area contributed by atoms with Crippen LogP contribution < -0.4 is 4.90 Å². The van der Waals surface area contributed by atoms with Crippen molar-refractivity contribution in [2.45, 2.75) is 6.54 Å². The Bertz CT molecular complexity index is 1190. The van der Waals surface area contributed by atoms with Crippen molar-refractivity contribution in [3.63, 3.8) is 0 Å². The second kappa shape index (κ2) is 6.42. The van der Waals surface area contributed by atoms with E-state index in [4.69, 9.17) is 4.42 Å². The zero-order valence-electron chi connectivity index (χ0n) is 14.4. The molecule has 7 heteroatoms. The summed E-state index contributed by atoms with van der Waals surface area (Å²) >= 11 is 0. The van der Waals surface area contributed by atoms with Crippen LogP contribution in [0.1, 0.15) is 11.3 Å². The Morgan fingerprint density at radius 1 is 1.22 bits per heavy atom. The lowest BCUT2D eigenvalue weighted by molar-refractivity contribution is -0.384. The molecule has 4 rings (SSSR count). The van der Waals surface area contributed by atoms with Crippen LogP contribution in [0.4, 0.5) is 11.5 Å². The number of nitrogens with zero attached hydrogens (tertiary/aromatic N) is 4. The fourth-order valence-corrected chi connectivity index (χ4v) is 3.03. The van der Waals surface area contributed by atoms with Crippen molar-refractivity contribution < 1.29 is 9.34 Å². The van der Waals surface area contributed by atoms with Gasteiger partial charge in [-0.3, -0.25) is 10.1 Å². The van der Waals surface area contributed by atoms with Crippen LogP contribution in [0.3, 0.4) is 0 Å². The van der Waals surface area contributed by atoms with Gasteiger partial charge in [-0.1, -0.05) is 18.2 Å². The standard InChI is InChI=1S/C20H14N4O3/c1-23(12-16-8-13-4-2-3-5-19(13)27-16)20-9-14(11-21)17-10-15(24(25)26)6-7-18(17)22-20/h2-10H,12H2,1H3. The quantitative estimate of drug-likeness (QED) is 0.396. The molecule has 0 spiro atoms. The number of anilines is 1. The maximum absolute atomic E-state index is 11.0. The van der Waals surface area contributed by atoms with E-state index >= 15 is 0 Å². The molecule has 4 aromatic rings. The molecule has 0 unspecified atom stereocenters. The zero-order valence-corrected chi connectivity index (χ0v) is 14.4. The number of nitro groups is 1. The second-order valence-corrected chi connectivity index (χ2v) is 6.20. The summed E-state index contributed by atoms with van der Waals surface area (Å²) < 4.78 is 5.84. The number of para-hydroxylation sites is 1. The van der Waals surface area contributed by atoms with Crippen molar-refractivity contribution in [1.29, 1.82) is 5.26 Å². The van der Waals surface area contributed by atoms with Gasteiger partial charge in [0.25, 0.3) is 5.69 Å². The van der Waals surface area contributed by atoms with Crippen LogP contribution in [0.5, 0.6) is 0 Å². The number of fused-ring (bicyclic) bond motifs is 2. The SMILES string of the molecule is CN(Cc1cc2ccccc2o1)c1cc(C#N)c2cc([N+](=O)[O-])ccc2n1. The Morgan fingerprint density at radius 2 is 2.04 bits per heavy atom. The molecule has 132 valence electrons. The summed E-state index contributed by atoms with van der Waals surface area (Å²) in [7, 11) is 1.86. The number of hydrogen-bond donors (Lipinski definition) is 0. The van der Waals surface area contributed by atoms with E-state index < -0.39 is 4.92 Å². The highest BCUT2D eigenvalue weighted by Gasteiger charge is 2.14. The van der Waals surface area contributed by atoms with E-state index in [2.05, 4.69) is 11.1 Å². The molecule has 0 saturated heterocycles. The first-order chi connectivity index (χ1) is 13.0. The first-order valence-corrected chi connectivity index (χ1v) is 8.23. The maximum atomic E-state index is 11.0. The Kier molecular flexibility index (Phi) is 3.94. The van der Waals surface area contributed by atoms with Gasteiger partial charge in [0.15, 0.2) is 0 Å². The van der Waals surface area contributed by atoms with Crippen LogP contribution in [-0.4, -0.2) is 17.0 Å². The average molecular weight is 358 g/mol. The first kappa shape index (κ1) is 16.5. The number of non-ortho nitro benzene ring substituents is 1. The van der Waals surface area contributed by atoms with Gasteiger partial charge in [0.1, 0.15) is 17.2 Å². The van der Waals surface area contributed by atoms with Crippen LogP contribution >= 0.6 is 0 Å². The monoisotopic (exact) mass is 358 g/mol. The summed E-state index contributed by atoms with van der Waals surface area (Å²) in [6.45, 7) is 0.477. The normalized spacial score (nSPS) is 10.8. The largest absolute Gasteiger partial charge is 0.459 e. The molecule has 7 nitrogen and oxygen atoms in total. The van der Waals surface area contributed by atoms with Gasteiger partial charge >= 0.3 is 0 Å². The van der Waals surface area contributed by atoms with Crippen molar-refractivity contribution in [2.24, 2.45) is 0 Å². The number of nitro benzene ring substituents is 1. The molecule has 2 aromatic carbocycles. The number of pyridine rings is 1. The molecule has 0 amide bonds. The second-order valence-electron chi connectivity index (χ2n) is 6.20. The number of nitriles is 1. The molecule has 2 heterocycles. The van der Waals surface area contributed by atoms with Crippen molar-refractivity contribution in [1.82, 2.24) is 4.98 Å². The number of furan rings is 1. The van der Waals surface area contributed by atoms with Gasteiger partial charge in [-0.15, -0.1) is 0 Å². The molecule has 0 bridgehead atoms. The molecule has 2 aromatic heterocycles. The van der Waals surface area contributed by atoms with Gasteiger partial charge < -0.3 is 9.32 Å². The minimum atomic E-state index is -0.484. The highest BCUT2D eigenvalue weighted by Crippen LogP contribution is 2.27. The fourth-order valence-electron chi connectivity index (χ4n) is 3.03. The number of hydrogen-bond acceptors (Lipinski definition) is 6. The highest BCUT2D eigenvalue weighted by molar-refractivity contribution is 5.88. The minimum Gasteiger partial charge on any atom is -0.459 e. The van der Waals surface area contributed by atoms with E-state index in [9.17, 15) is 15.4 Å². The lowest BCUT2D eigenvalue weighted by Gasteiger charge is -2.17. The fraction of sp³-hybridized carbons (Fsp3) is 0.100. The Balaban J connectivity index is 1.71. The summed E-state index contributed by atoms with van der Waals surface area (Å²) in [6, 6.07) is 17.8. The third-order valence-corrected chi connectivity index (χ3v) is 4.37. The number of aromatic nitrogens is 1. The van der Waals surface area contributed by atoms with Gasteiger partial charge in [0.05, 0.1) is 28.6 Å². The van der Waals surface area contributed by atoms with E-state index in [1.54, 1.807) is 12.1 Å². The zero-order chi connectivity index (χ0) is 19.0. The van der Waals surface area contributed by atoms with E-state index in [0.29, 0.717) is 28.8 Å². The van der Waals surface area contributed by atoms with Gasteiger partial charge in [-0.2, -0.15) is 5.26 Å². The van der Waals surface area contributed by atoms with Gasteiger partial charge in [-0.05, 0) is 24.3 Å². The van der Waals surface area contributed by atoms with Crippen molar-refractivity contribution >= 4 is 33.4 Å². The highest BCUT2D eigenvalue weighted by atomic mass is 16.6. The smallest absolute Gasteiger partial charge is 0.270 e. The summed E-state index contributed by atoms with van der Waals surface area (Å²) in [4.78, 5) is 16.9. The molecule has 0 aliphatic carbocycles. The molecule has 0 N–H and O–H groups in total. The molecular weight excluding hydrogens is 344 g/mol. The van der Waals surface area contributed by atoms with Crippen LogP contribution in [0.25, 0.3) is 21.9 Å². The van der Waals surface area contributed by atoms with E-state index in [1.807, 2.05) is 42.3 Å². The molecule has 0 fully saturated rings. The Hall–Kier alpha value is -3.92. The topological polar surface area (TPSA) is 96.2 Å². The third-order valence-electron chi connectivity index (χ3n) is 4.37. The van der Waals surface area contributed by atoms with Crippen molar-refractivity contribution in [3.05, 3.63) is 76.0 Å². The van der Waals surface area contributed by atoms with Gasteiger partial charge in [-0.25, -0.2) is 4.98 Å². The van der Waals surface area contributed by atoms with Crippen LogP contribution in [0.2, 0.25) is 0 Å².